The van der Waals surface area contributed by atoms with Crippen molar-refractivity contribution in [3.63, 3.8) is 0 Å². The van der Waals surface area contributed by atoms with Gasteiger partial charge in [0.05, 0.1) is 4.92 Å². The molecule has 7 nitrogen and oxygen atoms in total. The number of aryl methyl sites for hydroxylation is 1. The summed E-state index contributed by atoms with van der Waals surface area (Å²) in [6.07, 6.45) is 5.60. The summed E-state index contributed by atoms with van der Waals surface area (Å²) >= 11 is 0. The van der Waals surface area contributed by atoms with Crippen LogP contribution in [0.15, 0.2) is 30.7 Å². The van der Waals surface area contributed by atoms with Crippen LogP contribution in [0.25, 0.3) is 0 Å². The zero-order chi connectivity index (χ0) is 13.0. The Hall–Kier alpha value is -2.44. The lowest BCUT2D eigenvalue weighted by molar-refractivity contribution is -0.384. The third-order valence-corrected chi connectivity index (χ3v) is 2.44. The number of nitro groups is 1. The van der Waals surface area contributed by atoms with Crippen molar-refractivity contribution in [1.29, 1.82) is 0 Å². The fraction of sp³-hybridized carbons (Fsp3) is 0.273. The van der Waals surface area contributed by atoms with E-state index in [0.29, 0.717) is 12.4 Å². The molecule has 0 atom stereocenters. The van der Waals surface area contributed by atoms with Crippen LogP contribution in [0.2, 0.25) is 0 Å². The van der Waals surface area contributed by atoms with Gasteiger partial charge < -0.3 is 5.32 Å². The van der Waals surface area contributed by atoms with Crippen LogP contribution in [0, 0.1) is 10.1 Å². The molecule has 0 saturated heterocycles. The number of nitrogens with zero attached hydrogens (tertiary/aromatic N) is 4. The van der Waals surface area contributed by atoms with Gasteiger partial charge in [0.15, 0.2) is 0 Å². The minimum absolute atomic E-state index is 0.0105. The van der Waals surface area contributed by atoms with Gasteiger partial charge in [-0.25, -0.2) is 0 Å². The van der Waals surface area contributed by atoms with Gasteiger partial charge in [0, 0.05) is 26.0 Å². The minimum Gasteiger partial charge on any atom is -0.363 e. The second-order valence-corrected chi connectivity index (χ2v) is 3.83. The molecule has 1 N–H and O–H groups in total. The van der Waals surface area contributed by atoms with Crippen LogP contribution in [-0.2, 0) is 13.5 Å². The number of aromatic nitrogens is 3. The van der Waals surface area contributed by atoms with E-state index in [1.54, 1.807) is 19.4 Å². The lowest BCUT2D eigenvalue weighted by Gasteiger charge is -2.02. The highest BCUT2D eigenvalue weighted by atomic mass is 16.6. The summed E-state index contributed by atoms with van der Waals surface area (Å²) in [5, 5.41) is 17.7. The molecule has 0 saturated carbocycles. The van der Waals surface area contributed by atoms with Crippen LogP contribution in [0.5, 0.6) is 0 Å². The van der Waals surface area contributed by atoms with Crippen LogP contribution >= 0.6 is 0 Å². The van der Waals surface area contributed by atoms with Gasteiger partial charge in [-0.3, -0.25) is 19.8 Å². The number of anilines is 1. The maximum Gasteiger partial charge on any atom is 0.330 e. The fourth-order valence-electron chi connectivity index (χ4n) is 1.61. The Morgan fingerprint density at radius 1 is 1.56 bits per heavy atom. The molecule has 0 fully saturated rings. The van der Waals surface area contributed by atoms with E-state index in [1.807, 2.05) is 12.1 Å². The van der Waals surface area contributed by atoms with Crippen molar-refractivity contribution in [3.8, 4) is 0 Å². The summed E-state index contributed by atoms with van der Waals surface area (Å²) in [7, 11) is 1.65. The Kier molecular flexibility index (Phi) is 3.52. The average Bonchev–Trinajstić information content (AvgIpc) is 2.72. The van der Waals surface area contributed by atoms with Crippen LogP contribution in [0.1, 0.15) is 5.56 Å². The molecule has 0 bridgehead atoms. The molecule has 94 valence electrons. The number of hydrogen-bond donors (Lipinski definition) is 1. The predicted molar refractivity (Wildman–Crippen MR) is 66.3 cm³/mol. The lowest BCUT2D eigenvalue weighted by Crippen LogP contribution is -2.07. The molecular formula is C11H13N5O2. The summed E-state index contributed by atoms with van der Waals surface area (Å²) < 4.78 is 1.42. The molecule has 2 aromatic rings. The Morgan fingerprint density at radius 2 is 2.39 bits per heavy atom. The van der Waals surface area contributed by atoms with Crippen molar-refractivity contribution in [1.82, 2.24) is 14.8 Å². The SMILES string of the molecule is Cn1cc([N+](=O)[O-])c(NCCc2cccnc2)n1. The van der Waals surface area contributed by atoms with Crippen LogP contribution in [0.4, 0.5) is 11.5 Å². The molecule has 0 aliphatic rings. The third kappa shape index (κ3) is 2.82. The number of pyridine rings is 1. The van der Waals surface area contributed by atoms with E-state index in [4.69, 9.17) is 0 Å². The fourth-order valence-corrected chi connectivity index (χ4v) is 1.61. The summed E-state index contributed by atoms with van der Waals surface area (Å²) in [5.74, 6) is 0.298. The zero-order valence-corrected chi connectivity index (χ0v) is 9.91. The van der Waals surface area contributed by atoms with Gasteiger partial charge >= 0.3 is 5.69 Å². The van der Waals surface area contributed by atoms with Crippen molar-refractivity contribution in [2.75, 3.05) is 11.9 Å². The van der Waals surface area contributed by atoms with Crippen LogP contribution in [-0.4, -0.2) is 26.2 Å². The van der Waals surface area contributed by atoms with Gasteiger partial charge in [-0.1, -0.05) is 6.07 Å². The van der Waals surface area contributed by atoms with E-state index in [1.165, 1.54) is 10.9 Å². The van der Waals surface area contributed by atoms with Crippen molar-refractivity contribution >= 4 is 11.5 Å². The van der Waals surface area contributed by atoms with Crippen molar-refractivity contribution < 1.29 is 4.92 Å². The standard InChI is InChI=1S/C11H13N5O2/c1-15-8-10(16(17)18)11(14-15)13-6-4-9-3-2-5-12-7-9/h2-3,5,7-8H,4,6H2,1H3,(H,13,14). The Bertz CT molecular complexity index is 538. The van der Waals surface area contributed by atoms with Crippen molar-refractivity contribution in [3.05, 3.63) is 46.4 Å². The van der Waals surface area contributed by atoms with Crippen molar-refractivity contribution in [2.24, 2.45) is 7.05 Å². The van der Waals surface area contributed by atoms with Gasteiger partial charge in [-0.2, -0.15) is 0 Å². The maximum atomic E-state index is 10.8. The molecule has 0 radical (unpaired) electrons. The molecule has 0 aliphatic heterocycles. The highest BCUT2D eigenvalue weighted by Gasteiger charge is 2.17. The predicted octanol–water partition coefficient (Wildman–Crippen LogP) is 1.38. The van der Waals surface area contributed by atoms with Gasteiger partial charge in [0.2, 0.25) is 5.82 Å². The number of nitrogens with one attached hydrogen (secondary N) is 1. The first-order chi connectivity index (χ1) is 8.66. The smallest absolute Gasteiger partial charge is 0.330 e. The first-order valence-corrected chi connectivity index (χ1v) is 5.47. The highest BCUT2D eigenvalue weighted by Crippen LogP contribution is 2.21. The van der Waals surface area contributed by atoms with E-state index in [2.05, 4.69) is 15.4 Å². The van der Waals surface area contributed by atoms with Gasteiger partial charge in [-0.15, -0.1) is 5.10 Å². The topological polar surface area (TPSA) is 85.9 Å². The van der Waals surface area contributed by atoms with Crippen molar-refractivity contribution in [2.45, 2.75) is 6.42 Å². The first-order valence-electron chi connectivity index (χ1n) is 5.47. The molecule has 0 aliphatic carbocycles. The number of rotatable bonds is 5. The van der Waals surface area contributed by atoms with Gasteiger partial charge in [0.1, 0.15) is 6.20 Å². The van der Waals surface area contributed by atoms with Gasteiger partial charge in [0.25, 0.3) is 0 Å². The Balaban J connectivity index is 1.96. The molecule has 2 rings (SSSR count). The molecule has 0 aromatic carbocycles. The first kappa shape index (κ1) is 12.0. The molecule has 0 unspecified atom stereocenters. The van der Waals surface area contributed by atoms with E-state index in [-0.39, 0.29) is 5.69 Å². The summed E-state index contributed by atoms with van der Waals surface area (Å²) in [6, 6.07) is 3.82. The Labute approximate surface area is 104 Å². The van der Waals surface area contributed by atoms with E-state index in [9.17, 15) is 10.1 Å². The zero-order valence-electron chi connectivity index (χ0n) is 9.91. The molecule has 2 heterocycles. The summed E-state index contributed by atoms with van der Waals surface area (Å²) in [6.45, 7) is 0.573. The molecule has 7 heteroatoms. The van der Waals surface area contributed by atoms with E-state index < -0.39 is 4.92 Å². The quantitative estimate of drug-likeness (QED) is 0.637. The molecule has 2 aromatic heterocycles. The summed E-state index contributed by atoms with van der Waals surface area (Å²) in [4.78, 5) is 14.3. The third-order valence-electron chi connectivity index (χ3n) is 2.44. The average molecular weight is 247 g/mol. The van der Waals surface area contributed by atoms with Crippen LogP contribution in [0.3, 0.4) is 0 Å². The maximum absolute atomic E-state index is 10.8. The lowest BCUT2D eigenvalue weighted by atomic mass is 10.2. The molecule has 0 spiro atoms. The number of hydrogen-bond acceptors (Lipinski definition) is 5. The molecule has 18 heavy (non-hydrogen) atoms. The van der Waals surface area contributed by atoms with E-state index in [0.717, 1.165) is 12.0 Å². The second kappa shape index (κ2) is 5.26. The second-order valence-electron chi connectivity index (χ2n) is 3.83. The van der Waals surface area contributed by atoms with Crippen LogP contribution < -0.4 is 5.32 Å². The van der Waals surface area contributed by atoms with E-state index >= 15 is 0 Å². The molecule has 0 amide bonds. The highest BCUT2D eigenvalue weighted by molar-refractivity contribution is 5.54. The largest absolute Gasteiger partial charge is 0.363 e. The Morgan fingerprint density at radius 3 is 3.06 bits per heavy atom. The normalized spacial score (nSPS) is 10.3. The minimum atomic E-state index is -0.445. The monoisotopic (exact) mass is 247 g/mol. The summed E-state index contributed by atoms with van der Waals surface area (Å²) in [5.41, 5.74) is 1.06. The van der Waals surface area contributed by atoms with Gasteiger partial charge in [-0.05, 0) is 18.1 Å². The molecular weight excluding hydrogens is 234 g/mol.